The lowest BCUT2D eigenvalue weighted by Crippen LogP contribution is -2.41. The monoisotopic (exact) mass is 412 g/mol. The van der Waals surface area contributed by atoms with Gasteiger partial charge in [-0.1, -0.05) is 18.2 Å². The number of aromatic nitrogens is 2. The summed E-state index contributed by atoms with van der Waals surface area (Å²) in [6.07, 6.45) is 0.766. The molecule has 160 valence electrons. The average Bonchev–Trinajstić information content (AvgIpc) is 3.17. The third-order valence-electron chi connectivity index (χ3n) is 5.17. The van der Waals surface area contributed by atoms with Crippen LogP contribution in [-0.4, -0.2) is 36.4 Å². The fourth-order valence-corrected chi connectivity index (χ4v) is 3.49. The number of esters is 1. The van der Waals surface area contributed by atoms with Gasteiger partial charge in [0.1, 0.15) is 11.5 Å². The molecular weight excluding hydrogens is 384 g/mol. The van der Waals surface area contributed by atoms with Gasteiger partial charge in [-0.2, -0.15) is 5.10 Å². The number of benzene rings is 1. The number of anilines is 1. The van der Waals surface area contributed by atoms with Crippen molar-refractivity contribution in [3.8, 4) is 0 Å². The molecule has 0 spiro atoms. The van der Waals surface area contributed by atoms with Crippen molar-refractivity contribution in [1.82, 2.24) is 15.5 Å². The van der Waals surface area contributed by atoms with E-state index in [9.17, 15) is 9.59 Å². The minimum Gasteiger partial charge on any atom is -0.469 e. The highest BCUT2D eigenvalue weighted by Gasteiger charge is 2.40. The highest BCUT2D eigenvalue weighted by atomic mass is 16.5. The van der Waals surface area contributed by atoms with Crippen LogP contribution in [0.3, 0.4) is 0 Å². The van der Waals surface area contributed by atoms with Crippen LogP contribution >= 0.6 is 0 Å². The second kappa shape index (κ2) is 9.13. The summed E-state index contributed by atoms with van der Waals surface area (Å²) in [6.45, 7) is 6.82. The number of aryl methyl sites for hydroxylation is 1. The van der Waals surface area contributed by atoms with Gasteiger partial charge in [-0.15, -0.1) is 0 Å². The fraction of sp³-hybridized carbons (Fsp3) is 0.409. The normalized spacial score (nSPS) is 12.7. The minimum atomic E-state index is -0.802. The second-order valence-corrected chi connectivity index (χ2v) is 7.78. The van der Waals surface area contributed by atoms with Crippen molar-refractivity contribution >= 4 is 22.6 Å². The first kappa shape index (κ1) is 21.6. The van der Waals surface area contributed by atoms with Gasteiger partial charge in [-0.05, 0) is 51.9 Å². The number of aromatic amines is 1. The van der Waals surface area contributed by atoms with Crippen LogP contribution in [0.1, 0.15) is 37.8 Å². The van der Waals surface area contributed by atoms with Crippen molar-refractivity contribution in [2.75, 3.05) is 25.5 Å². The zero-order chi connectivity index (χ0) is 21.7. The lowest BCUT2D eigenvalue weighted by molar-refractivity contribution is -0.153. The van der Waals surface area contributed by atoms with Crippen molar-refractivity contribution in [3.05, 3.63) is 58.3 Å². The average molecular weight is 412 g/mol. The molecule has 3 aromatic rings. The molecule has 1 unspecified atom stereocenters. The summed E-state index contributed by atoms with van der Waals surface area (Å²) in [5.74, 6) is 1.81. The number of hydrogen-bond donors (Lipinski definition) is 3. The quantitative estimate of drug-likeness (QED) is 0.366. The molecule has 8 heteroatoms. The molecule has 30 heavy (non-hydrogen) atoms. The van der Waals surface area contributed by atoms with Crippen LogP contribution in [0, 0.1) is 12.3 Å². The molecule has 2 aromatic heterocycles. The molecule has 0 radical (unpaired) electrons. The van der Waals surface area contributed by atoms with E-state index in [2.05, 4.69) is 20.8 Å². The summed E-state index contributed by atoms with van der Waals surface area (Å²) in [5.41, 5.74) is -1.01. The maximum absolute atomic E-state index is 12.3. The van der Waals surface area contributed by atoms with Gasteiger partial charge >= 0.3 is 5.97 Å². The molecule has 1 atom stereocenters. The summed E-state index contributed by atoms with van der Waals surface area (Å²) < 4.78 is 10.8. The van der Waals surface area contributed by atoms with Gasteiger partial charge in [-0.3, -0.25) is 9.59 Å². The van der Waals surface area contributed by atoms with Crippen LogP contribution < -0.4 is 16.2 Å². The Kier molecular flexibility index (Phi) is 6.56. The van der Waals surface area contributed by atoms with E-state index in [1.165, 1.54) is 7.11 Å². The van der Waals surface area contributed by atoms with E-state index in [1.54, 1.807) is 6.07 Å². The number of ether oxygens (including phenoxy) is 1. The molecule has 0 aliphatic rings. The standard InChI is InChI=1S/C22H28N4O4/c1-14-10-11-17(30-14)18(22(2,3)21(28)29-4)23-12-7-13-24-19-15-8-5-6-9-16(15)20(27)26-25-19/h5-6,8-11,18,23H,7,12-13H2,1-4H3,(H,24,25)(H,26,27). The molecule has 8 nitrogen and oxygen atoms in total. The first-order chi connectivity index (χ1) is 14.3. The Labute approximate surface area is 175 Å². The summed E-state index contributed by atoms with van der Waals surface area (Å²) >= 11 is 0. The topological polar surface area (TPSA) is 109 Å². The number of carbonyl (C=O) groups is 1. The number of carbonyl (C=O) groups excluding carboxylic acids is 1. The van der Waals surface area contributed by atoms with Gasteiger partial charge in [0.25, 0.3) is 5.56 Å². The molecule has 1 aromatic carbocycles. The van der Waals surface area contributed by atoms with Gasteiger partial charge < -0.3 is 19.8 Å². The van der Waals surface area contributed by atoms with E-state index in [0.717, 1.165) is 17.6 Å². The summed E-state index contributed by atoms with van der Waals surface area (Å²) in [6, 6.07) is 10.8. The van der Waals surface area contributed by atoms with E-state index >= 15 is 0 Å². The number of nitrogens with one attached hydrogen (secondary N) is 3. The third kappa shape index (κ3) is 4.54. The fourth-order valence-electron chi connectivity index (χ4n) is 3.49. The minimum absolute atomic E-state index is 0.209. The molecule has 0 amide bonds. The van der Waals surface area contributed by atoms with Crippen LogP contribution in [0.4, 0.5) is 5.82 Å². The highest BCUT2D eigenvalue weighted by molar-refractivity contribution is 5.90. The van der Waals surface area contributed by atoms with Crippen LogP contribution in [0.2, 0.25) is 0 Å². The van der Waals surface area contributed by atoms with Crippen LogP contribution in [-0.2, 0) is 9.53 Å². The Morgan fingerprint density at radius 3 is 2.60 bits per heavy atom. The van der Waals surface area contributed by atoms with Gasteiger partial charge in [0, 0.05) is 11.9 Å². The SMILES string of the molecule is COC(=O)C(C)(C)C(NCCCNc1n[nH]c(=O)c2ccccc12)c1ccc(C)o1. The maximum Gasteiger partial charge on any atom is 0.313 e. The van der Waals surface area contributed by atoms with Crippen molar-refractivity contribution in [2.45, 2.75) is 33.2 Å². The van der Waals surface area contributed by atoms with E-state index < -0.39 is 5.41 Å². The number of nitrogens with zero attached hydrogens (tertiary/aromatic N) is 1. The Hall–Kier alpha value is -3.13. The Morgan fingerprint density at radius 2 is 1.93 bits per heavy atom. The van der Waals surface area contributed by atoms with Gasteiger partial charge in [0.15, 0.2) is 5.82 Å². The predicted molar refractivity (Wildman–Crippen MR) is 115 cm³/mol. The van der Waals surface area contributed by atoms with Crippen molar-refractivity contribution in [1.29, 1.82) is 0 Å². The summed E-state index contributed by atoms with van der Waals surface area (Å²) in [5, 5.41) is 14.7. The molecule has 3 rings (SSSR count). The number of methoxy groups -OCH3 is 1. The van der Waals surface area contributed by atoms with Crippen LogP contribution in [0.25, 0.3) is 10.8 Å². The van der Waals surface area contributed by atoms with E-state index in [1.807, 2.05) is 51.1 Å². The van der Waals surface area contributed by atoms with Crippen molar-refractivity contribution in [3.63, 3.8) is 0 Å². The summed E-state index contributed by atoms with van der Waals surface area (Å²) in [7, 11) is 1.39. The van der Waals surface area contributed by atoms with Gasteiger partial charge in [0.2, 0.25) is 0 Å². The Bertz CT molecular complexity index is 1070. The second-order valence-electron chi connectivity index (χ2n) is 7.78. The Morgan fingerprint density at radius 1 is 1.20 bits per heavy atom. The first-order valence-corrected chi connectivity index (χ1v) is 9.94. The molecule has 0 bridgehead atoms. The van der Waals surface area contributed by atoms with Crippen LogP contribution in [0.15, 0.2) is 45.6 Å². The van der Waals surface area contributed by atoms with Gasteiger partial charge in [0.05, 0.1) is 24.0 Å². The zero-order valence-electron chi connectivity index (χ0n) is 17.7. The van der Waals surface area contributed by atoms with E-state index in [4.69, 9.17) is 9.15 Å². The molecule has 0 aliphatic heterocycles. The van der Waals surface area contributed by atoms with Gasteiger partial charge in [-0.25, -0.2) is 5.10 Å². The predicted octanol–water partition coefficient (Wildman–Crippen LogP) is 3.16. The molecule has 0 fully saturated rings. The number of furan rings is 1. The molecular formula is C22H28N4O4. The number of rotatable bonds is 9. The largest absolute Gasteiger partial charge is 0.469 e. The lowest BCUT2D eigenvalue weighted by Gasteiger charge is -2.31. The smallest absolute Gasteiger partial charge is 0.313 e. The van der Waals surface area contributed by atoms with Crippen LogP contribution in [0.5, 0.6) is 0 Å². The third-order valence-corrected chi connectivity index (χ3v) is 5.17. The molecule has 0 saturated carbocycles. The number of H-pyrrole nitrogens is 1. The van der Waals surface area contributed by atoms with Crippen molar-refractivity contribution in [2.24, 2.45) is 5.41 Å². The highest BCUT2D eigenvalue weighted by Crippen LogP contribution is 2.35. The molecule has 2 heterocycles. The molecule has 3 N–H and O–H groups in total. The molecule has 0 saturated heterocycles. The van der Waals surface area contributed by atoms with E-state index in [0.29, 0.717) is 30.1 Å². The summed E-state index contributed by atoms with van der Waals surface area (Å²) in [4.78, 5) is 24.2. The van der Waals surface area contributed by atoms with E-state index in [-0.39, 0.29) is 17.6 Å². The Balaban J connectivity index is 1.63. The molecule has 0 aliphatic carbocycles. The lowest BCUT2D eigenvalue weighted by atomic mass is 9.83. The number of fused-ring (bicyclic) bond motifs is 1. The first-order valence-electron chi connectivity index (χ1n) is 9.94. The number of hydrogen-bond acceptors (Lipinski definition) is 7. The zero-order valence-corrected chi connectivity index (χ0v) is 17.7. The maximum atomic E-state index is 12.3. The van der Waals surface area contributed by atoms with Crippen molar-refractivity contribution < 1.29 is 13.9 Å².